The first kappa shape index (κ1) is 14.2. The van der Waals surface area contributed by atoms with E-state index >= 15 is 0 Å². The maximum atomic E-state index is 12.4. The number of hydrogen-bond acceptors (Lipinski definition) is 3. The normalized spacial score (nSPS) is 17.5. The quantitative estimate of drug-likeness (QED) is 0.891. The minimum absolute atomic E-state index is 0.131. The number of benzene rings is 1. The molecule has 5 heteroatoms. The fourth-order valence-electron chi connectivity index (χ4n) is 2.72. The van der Waals surface area contributed by atoms with Gasteiger partial charge in [0.25, 0.3) is 0 Å². The number of aromatic nitrogens is 1. The summed E-state index contributed by atoms with van der Waals surface area (Å²) in [6.45, 7) is 0. The van der Waals surface area contributed by atoms with Gasteiger partial charge in [-0.3, -0.25) is 14.0 Å². The summed E-state index contributed by atoms with van der Waals surface area (Å²) in [5.41, 5.74) is 1.63. The summed E-state index contributed by atoms with van der Waals surface area (Å²) >= 11 is 0. The third kappa shape index (κ3) is 3.29. The van der Waals surface area contributed by atoms with Crippen LogP contribution in [0.15, 0.2) is 36.5 Å². The van der Waals surface area contributed by atoms with E-state index in [0.29, 0.717) is 11.5 Å². The largest absolute Gasteiger partial charge is 0.481 e. The second-order valence-electron chi connectivity index (χ2n) is 5.79. The van der Waals surface area contributed by atoms with Gasteiger partial charge in [0, 0.05) is 28.1 Å². The molecule has 0 radical (unpaired) electrons. The number of carbonyl (C=O) groups is 1. The highest BCUT2D eigenvalue weighted by Crippen LogP contribution is 2.49. The van der Waals surface area contributed by atoms with Gasteiger partial charge in [-0.2, -0.15) is 0 Å². The SMILES string of the molecule is O=C(O)CC1(CS(=O)Cc2cccc3cccnc23)CC1. The molecule has 1 aliphatic rings. The molecule has 1 aromatic heterocycles. The van der Waals surface area contributed by atoms with Crippen molar-refractivity contribution in [2.45, 2.75) is 25.0 Å². The zero-order chi connectivity index (χ0) is 14.9. The molecule has 1 heterocycles. The van der Waals surface area contributed by atoms with Crippen LogP contribution in [0.3, 0.4) is 0 Å². The lowest BCUT2D eigenvalue weighted by atomic mass is 10.1. The van der Waals surface area contributed by atoms with Crippen LogP contribution < -0.4 is 0 Å². The molecule has 110 valence electrons. The molecule has 1 atom stereocenters. The average molecular weight is 303 g/mol. The van der Waals surface area contributed by atoms with Crippen LogP contribution in [0.4, 0.5) is 0 Å². The summed E-state index contributed by atoms with van der Waals surface area (Å²) in [5.74, 6) is 0.120. The van der Waals surface area contributed by atoms with Crippen molar-refractivity contribution in [2.75, 3.05) is 5.75 Å². The summed E-state index contributed by atoms with van der Waals surface area (Å²) in [5, 5.41) is 9.96. The first-order valence-electron chi connectivity index (χ1n) is 6.97. The first-order valence-corrected chi connectivity index (χ1v) is 8.46. The van der Waals surface area contributed by atoms with Crippen molar-refractivity contribution in [3.8, 4) is 0 Å². The van der Waals surface area contributed by atoms with Gasteiger partial charge < -0.3 is 5.11 Å². The molecular formula is C16H17NO3S. The molecule has 0 saturated heterocycles. The lowest BCUT2D eigenvalue weighted by Gasteiger charge is -2.12. The third-order valence-electron chi connectivity index (χ3n) is 3.98. The predicted molar refractivity (Wildman–Crippen MR) is 82.4 cm³/mol. The number of rotatable bonds is 6. The van der Waals surface area contributed by atoms with Crippen LogP contribution in [0.5, 0.6) is 0 Å². The number of aliphatic carboxylic acids is 1. The van der Waals surface area contributed by atoms with Gasteiger partial charge in [-0.25, -0.2) is 0 Å². The smallest absolute Gasteiger partial charge is 0.303 e. The van der Waals surface area contributed by atoms with Gasteiger partial charge in [0.2, 0.25) is 0 Å². The van der Waals surface area contributed by atoms with Crippen LogP contribution in [-0.4, -0.2) is 26.0 Å². The molecular weight excluding hydrogens is 286 g/mol. The van der Waals surface area contributed by atoms with Crippen molar-refractivity contribution in [1.82, 2.24) is 4.98 Å². The standard InChI is InChI=1S/C16H17NO3S/c18-14(19)9-16(6-7-16)11-21(20)10-13-4-1-3-12-5-2-8-17-15(12)13/h1-5,8H,6-7,9-11H2,(H,18,19). The van der Waals surface area contributed by atoms with Crippen LogP contribution in [-0.2, 0) is 21.3 Å². The van der Waals surface area contributed by atoms with Crippen LogP contribution in [0.25, 0.3) is 10.9 Å². The molecule has 1 fully saturated rings. The number of nitrogens with zero attached hydrogens (tertiary/aromatic N) is 1. The summed E-state index contributed by atoms with van der Waals surface area (Å²) in [6.07, 6.45) is 3.62. The number of fused-ring (bicyclic) bond motifs is 1. The minimum atomic E-state index is -1.05. The molecule has 0 aliphatic heterocycles. The third-order valence-corrected chi connectivity index (χ3v) is 5.55. The number of carboxylic acids is 1. The first-order chi connectivity index (χ1) is 10.1. The predicted octanol–water partition coefficient (Wildman–Crippen LogP) is 2.74. The Morgan fingerprint density at radius 1 is 1.29 bits per heavy atom. The molecule has 1 unspecified atom stereocenters. The lowest BCUT2D eigenvalue weighted by molar-refractivity contribution is -0.138. The van der Waals surface area contributed by atoms with E-state index in [2.05, 4.69) is 4.98 Å². The Hall–Kier alpha value is -1.75. The Bertz CT molecular complexity index is 704. The van der Waals surface area contributed by atoms with E-state index in [1.807, 2.05) is 30.3 Å². The molecule has 0 spiro atoms. The molecule has 0 bridgehead atoms. The number of hydrogen-bond donors (Lipinski definition) is 1. The maximum Gasteiger partial charge on any atom is 0.303 e. The molecule has 1 aromatic carbocycles. The Kier molecular flexibility index (Phi) is 3.76. The summed E-state index contributed by atoms with van der Waals surface area (Å²) < 4.78 is 12.4. The molecule has 1 saturated carbocycles. The molecule has 0 amide bonds. The van der Waals surface area contributed by atoms with E-state index in [1.165, 1.54) is 0 Å². The molecule has 21 heavy (non-hydrogen) atoms. The Balaban J connectivity index is 1.74. The molecule has 2 aromatic rings. The van der Waals surface area contributed by atoms with E-state index in [4.69, 9.17) is 5.11 Å². The molecule has 1 N–H and O–H groups in total. The van der Waals surface area contributed by atoms with Crippen molar-refractivity contribution in [3.63, 3.8) is 0 Å². The van der Waals surface area contributed by atoms with E-state index in [0.717, 1.165) is 29.3 Å². The number of carboxylic acid groups (broad SMARTS) is 1. The lowest BCUT2D eigenvalue weighted by Crippen LogP contribution is -2.17. The summed E-state index contributed by atoms with van der Waals surface area (Å²) in [4.78, 5) is 15.2. The van der Waals surface area contributed by atoms with Gasteiger partial charge in [-0.15, -0.1) is 0 Å². The maximum absolute atomic E-state index is 12.4. The number of para-hydroxylation sites is 1. The monoisotopic (exact) mass is 303 g/mol. The van der Waals surface area contributed by atoms with Gasteiger partial charge in [0.05, 0.1) is 17.7 Å². The van der Waals surface area contributed by atoms with Crippen LogP contribution >= 0.6 is 0 Å². The second-order valence-corrected chi connectivity index (χ2v) is 7.25. The van der Waals surface area contributed by atoms with Crippen molar-refractivity contribution in [1.29, 1.82) is 0 Å². The molecule has 4 nitrogen and oxygen atoms in total. The van der Waals surface area contributed by atoms with Gasteiger partial charge in [0.1, 0.15) is 0 Å². The highest BCUT2D eigenvalue weighted by Gasteiger charge is 2.45. The average Bonchev–Trinajstić information content (AvgIpc) is 3.17. The zero-order valence-electron chi connectivity index (χ0n) is 11.6. The Morgan fingerprint density at radius 2 is 2.05 bits per heavy atom. The van der Waals surface area contributed by atoms with Crippen LogP contribution in [0.1, 0.15) is 24.8 Å². The topological polar surface area (TPSA) is 67.3 Å². The minimum Gasteiger partial charge on any atom is -0.481 e. The fraction of sp³-hybridized carbons (Fsp3) is 0.375. The number of pyridine rings is 1. The zero-order valence-corrected chi connectivity index (χ0v) is 12.4. The van der Waals surface area contributed by atoms with Gasteiger partial charge in [-0.1, -0.05) is 24.3 Å². The van der Waals surface area contributed by atoms with Crippen LogP contribution in [0, 0.1) is 5.41 Å². The van der Waals surface area contributed by atoms with Crippen molar-refractivity contribution in [2.24, 2.45) is 5.41 Å². The van der Waals surface area contributed by atoms with Gasteiger partial charge in [0.15, 0.2) is 0 Å². The van der Waals surface area contributed by atoms with Crippen molar-refractivity contribution in [3.05, 3.63) is 42.1 Å². The fourth-order valence-corrected chi connectivity index (χ4v) is 4.48. The van der Waals surface area contributed by atoms with Crippen molar-refractivity contribution < 1.29 is 14.1 Å². The van der Waals surface area contributed by atoms with Gasteiger partial charge >= 0.3 is 5.97 Å². The summed E-state index contributed by atoms with van der Waals surface area (Å²) in [7, 11) is -1.05. The summed E-state index contributed by atoms with van der Waals surface area (Å²) in [6, 6.07) is 9.75. The highest BCUT2D eigenvalue weighted by atomic mass is 32.2. The van der Waals surface area contributed by atoms with E-state index < -0.39 is 16.8 Å². The Labute approximate surface area is 125 Å². The molecule has 3 rings (SSSR count). The Morgan fingerprint density at radius 3 is 2.76 bits per heavy atom. The second kappa shape index (κ2) is 5.56. The van der Waals surface area contributed by atoms with Crippen LogP contribution in [0.2, 0.25) is 0 Å². The highest BCUT2D eigenvalue weighted by molar-refractivity contribution is 7.84. The molecule has 1 aliphatic carbocycles. The van der Waals surface area contributed by atoms with E-state index in [9.17, 15) is 9.00 Å². The van der Waals surface area contributed by atoms with E-state index in [1.54, 1.807) is 6.20 Å². The van der Waals surface area contributed by atoms with Gasteiger partial charge in [-0.05, 0) is 29.9 Å². The van der Waals surface area contributed by atoms with E-state index in [-0.39, 0.29) is 11.8 Å². The van der Waals surface area contributed by atoms with Crippen molar-refractivity contribution >= 4 is 27.7 Å².